The summed E-state index contributed by atoms with van der Waals surface area (Å²) in [5.41, 5.74) is 15.3. The van der Waals surface area contributed by atoms with Gasteiger partial charge in [0, 0.05) is 12.6 Å². The third-order valence-corrected chi connectivity index (χ3v) is 6.59. The average Bonchev–Trinajstić information content (AvgIpc) is 3.39. The maximum atomic E-state index is 12.4. The van der Waals surface area contributed by atoms with E-state index in [1.807, 2.05) is 35.9 Å². The van der Waals surface area contributed by atoms with E-state index >= 15 is 0 Å². The largest absolute Gasteiger partial charge is 0.383 e. The SMILES string of the molecule is Cn1cnc(-c2cccc(N(C(N)=O)c3ccccc3Cl)c2)c1-c1cc2c(N)ncnc2s1. The summed E-state index contributed by atoms with van der Waals surface area (Å²) in [5, 5.41) is 1.22. The predicted molar refractivity (Wildman–Crippen MR) is 133 cm³/mol. The third kappa shape index (κ3) is 3.67. The molecule has 2 amide bonds. The number of nitrogens with zero attached hydrogens (tertiary/aromatic N) is 5. The van der Waals surface area contributed by atoms with Gasteiger partial charge < -0.3 is 16.0 Å². The highest BCUT2D eigenvalue weighted by Gasteiger charge is 2.21. The van der Waals surface area contributed by atoms with E-state index in [-0.39, 0.29) is 0 Å². The van der Waals surface area contributed by atoms with Gasteiger partial charge in [-0.25, -0.2) is 19.7 Å². The van der Waals surface area contributed by atoms with Crippen LogP contribution in [0, 0.1) is 0 Å². The fourth-order valence-corrected chi connectivity index (χ4v) is 5.05. The van der Waals surface area contributed by atoms with Gasteiger partial charge in [-0.05, 0) is 30.3 Å². The second kappa shape index (κ2) is 8.19. The maximum Gasteiger partial charge on any atom is 0.323 e. The molecule has 0 saturated carbocycles. The van der Waals surface area contributed by atoms with Crippen molar-refractivity contribution in [3.63, 3.8) is 0 Å². The molecule has 164 valence electrons. The molecule has 8 nitrogen and oxygen atoms in total. The monoisotopic (exact) mass is 475 g/mol. The van der Waals surface area contributed by atoms with Crippen LogP contribution >= 0.6 is 22.9 Å². The zero-order valence-electron chi connectivity index (χ0n) is 17.4. The number of hydrogen-bond acceptors (Lipinski definition) is 6. The van der Waals surface area contributed by atoms with E-state index in [0.29, 0.717) is 22.2 Å². The first-order chi connectivity index (χ1) is 15.9. The lowest BCUT2D eigenvalue weighted by molar-refractivity contribution is 0.256. The number of hydrogen-bond donors (Lipinski definition) is 2. The van der Waals surface area contributed by atoms with Gasteiger partial charge in [-0.1, -0.05) is 35.9 Å². The minimum atomic E-state index is -0.639. The molecule has 2 aromatic carbocycles. The number of para-hydroxylation sites is 1. The second-order valence-corrected chi connectivity index (χ2v) is 8.75. The molecule has 5 aromatic rings. The van der Waals surface area contributed by atoms with Gasteiger partial charge in [0.15, 0.2) is 0 Å². The van der Waals surface area contributed by atoms with E-state index in [1.54, 1.807) is 36.7 Å². The van der Waals surface area contributed by atoms with Crippen molar-refractivity contribution in [3.05, 3.63) is 72.3 Å². The molecule has 0 spiro atoms. The van der Waals surface area contributed by atoms with Crippen molar-refractivity contribution in [3.8, 4) is 21.8 Å². The Bertz CT molecular complexity index is 1510. The molecule has 5 rings (SSSR count). The van der Waals surface area contributed by atoms with Crippen molar-refractivity contribution in [2.45, 2.75) is 0 Å². The van der Waals surface area contributed by atoms with Gasteiger partial charge in [0.25, 0.3) is 0 Å². The smallest absolute Gasteiger partial charge is 0.323 e. The molecule has 0 radical (unpaired) electrons. The Balaban J connectivity index is 1.64. The van der Waals surface area contributed by atoms with Gasteiger partial charge in [0.1, 0.15) is 17.0 Å². The molecule has 0 aliphatic heterocycles. The zero-order chi connectivity index (χ0) is 23.1. The van der Waals surface area contributed by atoms with E-state index in [9.17, 15) is 4.79 Å². The molecule has 0 aliphatic carbocycles. The van der Waals surface area contributed by atoms with Gasteiger partial charge in [-0.3, -0.25) is 4.90 Å². The standard InChI is InChI=1S/C23H18ClN7OS/c1-30-12-29-19(20(30)18-10-15-21(25)27-11-28-22(15)33-18)13-5-4-6-14(9-13)31(23(26)32)17-8-3-2-7-16(17)24/h2-12H,1H3,(H2,26,32)(H2,25,27,28). The maximum absolute atomic E-state index is 12.4. The summed E-state index contributed by atoms with van der Waals surface area (Å²) in [4.78, 5) is 28.5. The summed E-state index contributed by atoms with van der Waals surface area (Å²) in [6.07, 6.45) is 3.20. The lowest BCUT2D eigenvalue weighted by Crippen LogP contribution is -2.31. The van der Waals surface area contributed by atoms with E-state index < -0.39 is 6.03 Å². The fraction of sp³-hybridized carbons (Fsp3) is 0.0435. The van der Waals surface area contributed by atoms with Crippen molar-refractivity contribution in [2.24, 2.45) is 12.8 Å². The molecular weight excluding hydrogens is 458 g/mol. The zero-order valence-corrected chi connectivity index (χ0v) is 19.0. The molecule has 3 aromatic heterocycles. The predicted octanol–water partition coefficient (Wildman–Crippen LogP) is 5.21. The van der Waals surface area contributed by atoms with Gasteiger partial charge in [-0.2, -0.15) is 0 Å². The molecule has 10 heteroatoms. The van der Waals surface area contributed by atoms with Crippen LogP contribution in [-0.4, -0.2) is 25.6 Å². The Labute approximate surface area is 198 Å². The number of halogens is 1. The molecule has 33 heavy (non-hydrogen) atoms. The molecule has 0 atom stereocenters. The highest BCUT2D eigenvalue weighted by molar-refractivity contribution is 7.21. The summed E-state index contributed by atoms with van der Waals surface area (Å²) in [6.45, 7) is 0. The quantitative estimate of drug-likeness (QED) is 0.370. The number of carbonyl (C=O) groups excluding carboxylic acids is 1. The van der Waals surface area contributed by atoms with Crippen LogP contribution in [0.15, 0.2) is 67.3 Å². The van der Waals surface area contributed by atoms with Crippen LogP contribution in [0.4, 0.5) is 22.0 Å². The van der Waals surface area contributed by atoms with Gasteiger partial charge in [-0.15, -0.1) is 11.3 Å². The van der Waals surface area contributed by atoms with Crippen LogP contribution in [0.25, 0.3) is 32.0 Å². The summed E-state index contributed by atoms with van der Waals surface area (Å²) in [5.74, 6) is 0.435. The number of nitrogen functional groups attached to an aromatic ring is 1. The molecule has 0 saturated heterocycles. The lowest BCUT2D eigenvalue weighted by Gasteiger charge is -2.22. The van der Waals surface area contributed by atoms with Crippen LogP contribution in [-0.2, 0) is 7.05 Å². The number of urea groups is 1. The van der Waals surface area contributed by atoms with Gasteiger partial charge >= 0.3 is 6.03 Å². The number of aryl methyl sites for hydroxylation is 1. The minimum absolute atomic E-state index is 0.421. The first-order valence-corrected chi connectivity index (χ1v) is 11.1. The van der Waals surface area contributed by atoms with Crippen molar-refractivity contribution in [1.82, 2.24) is 19.5 Å². The Kier molecular flexibility index (Phi) is 5.20. The van der Waals surface area contributed by atoms with E-state index in [0.717, 1.165) is 32.0 Å². The van der Waals surface area contributed by atoms with Gasteiger partial charge in [0.05, 0.1) is 44.4 Å². The molecular formula is C23H18ClN7OS. The summed E-state index contributed by atoms with van der Waals surface area (Å²) < 4.78 is 1.94. The normalized spacial score (nSPS) is 11.1. The third-order valence-electron chi connectivity index (χ3n) is 5.22. The Hall–Kier alpha value is -3.95. The average molecular weight is 476 g/mol. The van der Waals surface area contributed by atoms with Crippen LogP contribution in [0.5, 0.6) is 0 Å². The molecule has 0 fully saturated rings. The first-order valence-electron chi connectivity index (χ1n) is 9.90. The van der Waals surface area contributed by atoms with Gasteiger partial charge in [0.2, 0.25) is 0 Å². The number of thiophene rings is 1. The van der Waals surface area contributed by atoms with Crippen LogP contribution in [0.2, 0.25) is 5.02 Å². The minimum Gasteiger partial charge on any atom is -0.383 e. The second-order valence-electron chi connectivity index (χ2n) is 7.32. The van der Waals surface area contributed by atoms with Crippen LogP contribution < -0.4 is 16.4 Å². The topological polar surface area (TPSA) is 116 Å². The number of fused-ring (bicyclic) bond motifs is 1. The van der Waals surface area contributed by atoms with E-state index in [1.165, 1.54) is 22.6 Å². The number of anilines is 3. The number of nitrogens with two attached hydrogens (primary N) is 2. The number of aromatic nitrogens is 4. The lowest BCUT2D eigenvalue weighted by atomic mass is 10.1. The van der Waals surface area contributed by atoms with Crippen molar-refractivity contribution < 1.29 is 4.79 Å². The fourth-order valence-electron chi connectivity index (χ4n) is 3.73. The van der Waals surface area contributed by atoms with E-state index in [4.69, 9.17) is 23.1 Å². The first kappa shape index (κ1) is 20.9. The Morgan fingerprint density at radius 1 is 1.09 bits per heavy atom. The number of imidazole rings is 1. The number of amides is 2. The molecule has 0 bridgehead atoms. The number of rotatable bonds is 4. The van der Waals surface area contributed by atoms with Crippen LogP contribution in [0.1, 0.15) is 0 Å². The Morgan fingerprint density at radius 2 is 1.91 bits per heavy atom. The molecule has 4 N–H and O–H groups in total. The number of benzene rings is 2. The highest BCUT2D eigenvalue weighted by Crippen LogP contribution is 2.40. The van der Waals surface area contributed by atoms with Crippen LogP contribution in [0.3, 0.4) is 0 Å². The summed E-state index contributed by atoms with van der Waals surface area (Å²) in [6, 6.07) is 15.8. The summed E-state index contributed by atoms with van der Waals surface area (Å²) in [7, 11) is 1.93. The van der Waals surface area contributed by atoms with Crippen molar-refractivity contribution in [1.29, 1.82) is 0 Å². The van der Waals surface area contributed by atoms with E-state index in [2.05, 4.69) is 15.0 Å². The van der Waals surface area contributed by atoms with Crippen molar-refractivity contribution in [2.75, 3.05) is 10.6 Å². The molecule has 0 aliphatic rings. The highest BCUT2D eigenvalue weighted by atomic mass is 35.5. The van der Waals surface area contributed by atoms with Crippen molar-refractivity contribution >= 4 is 56.4 Å². The number of carbonyl (C=O) groups is 1. The molecule has 0 unspecified atom stereocenters. The summed E-state index contributed by atoms with van der Waals surface area (Å²) >= 11 is 7.86. The number of primary amides is 1. The molecule has 3 heterocycles. The Morgan fingerprint density at radius 3 is 2.67 bits per heavy atom.